The van der Waals surface area contributed by atoms with E-state index in [1.807, 2.05) is 20.8 Å². The van der Waals surface area contributed by atoms with Crippen LogP contribution in [0, 0.1) is 0 Å². The molecule has 0 aliphatic rings. The van der Waals surface area contributed by atoms with Crippen molar-refractivity contribution in [1.82, 2.24) is 20.5 Å². The third-order valence-electron chi connectivity index (χ3n) is 2.01. The minimum Gasteiger partial charge on any atom is -0.366 e. The summed E-state index contributed by atoms with van der Waals surface area (Å²) in [6.45, 7) is 6.48. The molecule has 6 heteroatoms. The van der Waals surface area contributed by atoms with Gasteiger partial charge in [-0.2, -0.15) is 5.10 Å². The molecule has 0 radical (unpaired) electrons. The zero-order valence-corrected chi connectivity index (χ0v) is 10.6. The minimum atomic E-state index is -0.281. The monoisotopic (exact) mass is 240 g/mol. The van der Waals surface area contributed by atoms with Crippen LogP contribution in [-0.2, 0) is 16.0 Å². The maximum atomic E-state index is 11.4. The molecule has 0 spiro atoms. The van der Waals surface area contributed by atoms with Crippen molar-refractivity contribution in [3.8, 4) is 0 Å². The van der Waals surface area contributed by atoms with Gasteiger partial charge in [-0.1, -0.05) is 0 Å². The molecule has 0 saturated heterocycles. The van der Waals surface area contributed by atoms with E-state index < -0.39 is 0 Å². The molecule has 17 heavy (non-hydrogen) atoms. The van der Waals surface area contributed by atoms with Crippen molar-refractivity contribution in [2.24, 2.45) is 0 Å². The average Bonchev–Trinajstić information content (AvgIpc) is 2.73. The van der Waals surface area contributed by atoms with Gasteiger partial charge in [0.25, 0.3) is 0 Å². The fourth-order valence-electron chi connectivity index (χ4n) is 1.17. The second-order valence-electron chi connectivity index (χ2n) is 4.79. The van der Waals surface area contributed by atoms with Crippen molar-refractivity contribution in [2.45, 2.75) is 39.2 Å². The second kappa shape index (κ2) is 6.34. The summed E-state index contributed by atoms with van der Waals surface area (Å²) in [6, 6.07) is 0. The van der Waals surface area contributed by atoms with E-state index >= 15 is 0 Å². The molecule has 0 aromatic carbocycles. The van der Waals surface area contributed by atoms with Crippen molar-refractivity contribution in [2.75, 3.05) is 13.2 Å². The van der Waals surface area contributed by atoms with Gasteiger partial charge in [0.2, 0.25) is 5.91 Å². The van der Waals surface area contributed by atoms with Gasteiger partial charge in [0.05, 0.1) is 5.60 Å². The Kier molecular flexibility index (Phi) is 5.09. The molecular formula is C11H20N4O2. The first-order valence-corrected chi connectivity index (χ1v) is 5.72. The van der Waals surface area contributed by atoms with Crippen molar-refractivity contribution >= 4 is 5.91 Å². The van der Waals surface area contributed by atoms with Crippen LogP contribution in [0.25, 0.3) is 0 Å². The summed E-state index contributed by atoms with van der Waals surface area (Å²) in [7, 11) is 0. The SMILES string of the molecule is CC(C)(C)OCC(=O)NCCCc1ncn[nH]1. The van der Waals surface area contributed by atoms with Gasteiger partial charge in [-0.25, -0.2) is 4.98 Å². The Bertz CT molecular complexity index is 330. The van der Waals surface area contributed by atoms with Crippen LogP contribution < -0.4 is 5.32 Å². The molecule has 0 saturated carbocycles. The van der Waals surface area contributed by atoms with Gasteiger partial charge in [-0.05, 0) is 27.2 Å². The molecule has 0 bridgehead atoms. The maximum Gasteiger partial charge on any atom is 0.246 e. The number of aryl methyl sites for hydroxylation is 1. The van der Waals surface area contributed by atoms with Gasteiger partial charge < -0.3 is 10.1 Å². The lowest BCUT2D eigenvalue weighted by atomic mass is 10.2. The highest BCUT2D eigenvalue weighted by Crippen LogP contribution is 2.05. The van der Waals surface area contributed by atoms with E-state index in [-0.39, 0.29) is 18.1 Å². The van der Waals surface area contributed by atoms with Gasteiger partial charge >= 0.3 is 0 Å². The predicted octanol–water partition coefficient (Wildman–Crippen LogP) is 0.669. The number of amides is 1. The van der Waals surface area contributed by atoms with E-state index in [2.05, 4.69) is 20.5 Å². The molecule has 1 aromatic rings. The Morgan fingerprint density at radius 2 is 2.29 bits per heavy atom. The van der Waals surface area contributed by atoms with E-state index in [1.54, 1.807) is 0 Å². The molecular weight excluding hydrogens is 220 g/mol. The highest BCUT2D eigenvalue weighted by molar-refractivity contribution is 5.77. The number of nitrogens with one attached hydrogen (secondary N) is 2. The maximum absolute atomic E-state index is 11.4. The second-order valence-corrected chi connectivity index (χ2v) is 4.79. The molecule has 1 aromatic heterocycles. The summed E-state index contributed by atoms with van der Waals surface area (Å²) >= 11 is 0. The van der Waals surface area contributed by atoms with Crippen molar-refractivity contribution < 1.29 is 9.53 Å². The zero-order valence-electron chi connectivity index (χ0n) is 10.6. The first kappa shape index (κ1) is 13.6. The van der Waals surface area contributed by atoms with Crippen LogP contribution >= 0.6 is 0 Å². The number of ether oxygens (including phenoxy) is 1. The lowest BCUT2D eigenvalue weighted by Gasteiger charge is -2.18. The van der Waals surface area contributed by atoms with Crippen LogP contribution in [0.3, 0.4) is 0 Å². The van der Waals surface area contributed by atoms with Crippen molar-refractivity contribution in [3.05, 3.63) is 12.2 Å². The largest absolute Gasteiger partial charge is 0.366 e. The summed E-state index contributed by atoms with van der Waals surface area (Å²) < 4.78 is 5.35. The first-order chi connectivity index (χ1) is 7.97. The van der Waals surface area contributed by atoms with Gasteiger partial charge in [-0.3, -0.25) is 9.89 Å². The average molecular weight is 240 g/mol. The standard InChI is InChI=1S/C11H20N4O2/c1-11(2,3)17-7-10(16)12-6-4-5-9-13-8-14-15-9/h8H,4-7H2,1-3H3,(H,12,16)(H,13,14,15). The number of hydrogen-bond acceptors (Lipinski definition) is 4. The van der Waals surface area contributed by atoms with Crippen LogP contribution in [0.2, 0.25) is 0 Å². The number of aromatic amines is 1. The highest BCUT2D eigenvalue weighted by Gasteiger charge is 2.12. The Morgan fingerprint density at radius 1 is 1.53 bits per heavy atom. The first-order valence-electron chi connectivity index (χ1n) is 5.72. The lowest BCUT2D eigenvalue weighted by molar-refractivity contribution is -0.130. The van der Waals surface area contributed by atoms with E-state index in [0.29, 0.717) is 6.54 Å². The van der Waals surface area contributed by atoms with Gasteiger partial charge in [0.15, 0.2) is 0 Å². The summed E-state index contributed by atoms with van der Waals surface area (Å²) in [5.74, 6) is 0.752. The Labute approximate surface area is 101 Å². The fourth-order valence-corrected chi connectivity index (χ4v) is 1.17. The number of H-pyrrole nitrogens is 1. The van der Waals surface area contributed by atoms with Gasteiger partial charge in [0.1, 0.15) is 18.8 Å². The van der Waals surface area contributed by atoms with E-state index in [1.165, 1.54) is 6.33 Å². The highest BCUT2D eigenvalue weighted by atomic mass is 16.5. The Balaban J connectivity index is 2.04. The molecule has 6 nitrogen and oxygen atoms in total. The third kappa shape index (κ3) is 6.68. The molecule has 1 rings (SSSR count). The summed E-state index contributed by atoms with van der Waals surface area (Å²) in [6.07, 6.45) is 3.09. The number of carbonyl (C=O) groups is 1. The number of carbonyl (C=O) groups excluding carboxylic acids is 1. The smallest absolute Gasteiger partial charge is 0.246 e. The Morgan fingerprint density at radius 3 is 2.88 bits per heavy atom. The van der Waals surface area contributed by atoms with Crippen LogP contribution in [0.4, 0.5) is 0 Å². The third-order valence-corrected chi connectivity index (χ3v) is 2.01. The van der Waals surface area contributed by atoms with Gasteiger partial charge in [-0.15, -0.1) is 0 Å². The zero-order chi connectivity index (χ0) is 12.7. The summed E-state index contributed by atoms with van der Waals surface area (Å²) in [4.78, 5) is 15.4. The van der Waals surface area contributed by atoms with E-state index in [9.17, 15) is 4.79 Å². The van der Waals surface area contributed by atoms with Crippen LogP contribution in [0.15, 0.2) is 6.33 Å². The molecule has 0 fully saturated rings. The number of rotatable bonds is 6. The van der Waals surface area contributed by atoms with E-state index in [4.69, 9.17) is 4.74 Å². The number of hydrogen-bond donors (Lipinski definition) is 2. The Hall–Kier alpha value is -1.43. The summed E-state index contributed by atoms with van der Waals surface area (Å²) in [5.41, 5.74) is -0.281. The molecule has 1 amide bonds. The van der Waals surface area contributed by atoms with Gasteiger partial charge in [0, 0.05) is 13.0 Å². The molecule has 2 N–H and O–H groups in total. The number of aromatic nitrogens is 3. The van der Waals surface area contributed by atoms with Crippen LogP contribution in [-0.4, -0.2) is 39.8 Å². The lowest BCUT2D eigenvalue weighted by Crippen LogP contribution is -2.32. The predicted molar refractivity (Wildman–Crippen MR) is 63.4 cm³/mol. The van der Waals surface area contributed by atoms with Crippen molar-refractivity contribution in [3.63, 3.8) is 0 Å². The van der Waals surface area contributed by atoms with Crippen LogP contribution in [0.1, 0.15) is 33.0 Å². The van der Waals surface area contributed by atoms with Crippen molar-refractivity contribution in [1.29, 1.82) is 0 Å². The minimum absolute atomic E-state index is 0.0857. The number of nitrogens with zero attached hydrogens (tertiary/aromatic N) is 2. The fraction of sp³-hybridized carbons (Fsp3) is 0.727. The molecule has 0 aliphatic carbocycles. The van der Waals surface area contributed by atoms with Crippen LogP contribution in [0.5, 0.6) is 0 Å². The quantitative estimate of drug-likeness (QED) is 0.716. The molecule has 96 valence electrons. The molecule has 0 unspecified atom stereocenters. The summed E-state index contributed by atoms with van der Waals surface area (Å²) in [5, 5.41) is 9.31. The van der Waals surface area contributed by atoms with E-state index in [0.717, 1.165) is 18.7 Å². The molecule has 0 atom stereocenters. The molecule has 1 heterocycles. The normalized spacial score (nSPS) is 11.5. The molecule has 0 aliphatic heterocycles. The topological polar surface area (TPSA) is 79.9 Å².